The average molecular weight is 327 g/mol. The molecule has 1 unspecified atom stereocenters. The third-order valence-electron chi connectivity index (χ3n) is 3.99. The normalized spacial score (nSPS) is 18.3. The number of carboxylic acid groups (broad SMARTS) is 1. The quantitative estimate of drug-likeness (QED) is 0.842. The Morgan fingerprint density at radius 2 is 2.27 bits per heavy atom. The van der Waals surface area contributed by atoms with E-state index in [0.717, 1.165) is 43.7 Å². The number of hydrogen-bond acceptors (Lipinski definition) is 4. The van der Waals surface area contributed by atoms with Gasteiger partial charge in [-0.3, -0.25) is 0 Å². The van der Waals surface area contributed by atoms with Crippen molar-refractivity contribution in [3.05, 3.63) is 17.0 Å². The molecular weight excluding hydrogens is 304 g/mol. The second kappa shape index (κ2) is 7.63. The Hall–Kier alpha value is -1.56. The summed E-state index contributed by atoms with van der Waals surface area (Å²) < 4.78 is 0. The molecule has 0 saturated carbocycles. The van der Waals surface area contributed by atoms with Crippen molar-refractivity contribution in [3.63, 3.8) is 0 Å². The van der Waals surface area contributed by atoms with Crippen LogP contribution in [0.3, 0.4) is 0 Å². The Balaban J connectivity index is 2.16. The highest BCUT2D eigenvalue weighted by Gasteiger charge is 2.28. The summed E-state index contributed by atoms with van der Waals surface area (Å²) in [5.41, 5.74) is 0.935. The molecule has 0 aliphatic carbocycles. The summed E-state index contributed by atoms with van der Waals surface area (Å²) in [6.45, 7) is 5.98. The van der Waals surface area contributed by atoms with E-state index in [9.17, 15) is 9.90 Å². The predicted octanol–water partition coefficient (Wildman–Crippen LogP) is 3.05. The first kappa shape index (κ1) is 16.8. The van der Waals surface area contributed by atoms with Crippen molar-refractivity contribution in [2.45, 2.75) is 45.6 Å². The number of rotatable bonds is 5. The first-order valence-electron chi connectivity index (χ1n) is 7.83. The minimum atomic E-state index is -0.859. The third kappa shape index (κ3) is 4.00. The molecular formula is C15H23ClN4O2. The number of hydrogen-bond donors (Lipinski definition) is 1. The molecule has 0 aromatic carbocycles. The molecule has 1 aromatic rings. The van der Waals surface area contributed by atoms with E-state index in [1.165, 1.54) is 4.90 Å². The molecule has 122 valence electrons. The lowest BCUT2D eigenvalue weighted by atomic mass is 10.0. The van der Waals surface area contributed by atoms with Crippen molar-refractivity contribution in [3.8, 4) is 0 Å². The smallest absolute Gasteiger partial charge is 0.407 e. The molecule has 0 radical (unpaired) electrons. The van der Waals surface area contributed by atoms with Crippen molar-refractivity contribution >= 4 is 23.5 Å². The Morgan fingerprint density at radius 1 is 1.50 bits per heavy atom. The fraction of sp³-hybridized carbons (Fsp3) is 0.667. The Kier molecular flexibility index (Phi) is 5.83. The number of anilines is 1. The molecule has 1 aliphatic heterocycles. The maximum atomic E-state index is 11.3. The van der Waals surface area contributed by atoms with Crippen LogP contribution in [0, 0.1) is 0 Å². The molecule has 0 bridgehead atoms. The fourth-order valence-electron chi connectivity index (χ4n) is 2.96. The Labute approximate surface area is 136 Å². The molecule has 1 atom stereocenters. The standard InChI is InChI=1S/C15H23ClN4O2/c1-3-6-11-9-13(18-14(16)17-11)19-8-5-7-12(10-19)20(4-2)15(21)22/h9,12H,3-8,10H2,1-2H3,(H,21,22). The van der Waals surface area contributed by atoms with E-state index in [4.69, 9.17) is 11.6 Å². The minimum absolute atomic E-state index is 0.000356. The number of carbonyl (C=O) groups is 1. The van der Waals surface area contributed by atoms with Crippen LogP contribution < -0.4 is 4.90 Å². The van der Waals surface area contributed by atoms with E-state index in [1.54, 1.807) is 0 Å². The Bertz CT molecular complexity index is 526. The van der Waals surface area contributed by atoms with Gasteiger partial charge in [0.15, 0.2) is 0 Å². The molecule has 1 saturated heterocycles. The minimum Gasteiger partial charge on any atom is -0.465 e. The van der Waals surface area contributed by atoms with Crippen molar-refractivity contribution in [1.29, 1.82) is 0 Å². The number of aromatic nitrogens is 2. The van der Waals surface area contributed by atoms with Gasteiger partial charge in [-0.15, -0.1) is 0 Å². The van der Waals surface area contributed by atoms with Gasteiger partial charge in [0.25, 0.3) is 0 Å². The molecule has 1 aliphatic rings. The summed E-state index contributed by atoms with van der Waals surface area (Å²) in [5, 5.41) is 9.56. The van der Waals surface area contributed by atoms with E-state index < -0.39 is 6.09 Å². The summed E-state index contributed by atoms with van der Waals surface area (Å²) in [7, 11) is 0. The SMILES string of the molecule is CCCc1cc(N2CCCC(N(CC)C(=O)O)C2)nc(Cl)n1. The lowest BCUT2D eigenvalue weighted by Gasteiger charge is -2.38. The van der Waals surface area contributed by atoms with Gasteiger partial charge in [-0.1, -0.05) is 13.3 Å². The summed E-state index contributed by atoms with van der Waals surface area (Å²) in [6, 6.07) is 1.97. The zero-order valence-corrected chi connectivity index (χ0v) is 13.9. The number of amides is 1. The van der Waals surface area contributed by atoms with E-state index >= 15 is 0 Å². The van der Waals surface area contributed by atoms with Crippen LogP contribution in [0.1, 0.15) is 38.8 Å². The van der Waals surface area contributed by atoms with Crippen LogP contribution in [-0.2, 0) is 6.42 Å². The maximum absolute atomic E-state index is 11.3. The van der Waals surface area contributed by atoms with Crippen LogP contribution in [0.2, 0.25) is 5.28 Å². The zero-order valence-electron chi connectivity index (χ0n) is 13.1. The lowest BCUT2D eigenvalue weighted by Crippen LogP contribution is -2.50. The summed E-state index contributed by atoms with van der Waals surface area (Å²) in [6.07, 6.45) is 2.83. The molecule has 2 rings (SSSR count). The summed E-state index contributed by atoms with van der Waals surface area (Å²) in [5.74, 6) is 0.801. The van der Waals surface area contributed by atoms with E-state index in [-0.39, 0.29) is 11.3 Å². The number of halogens is 1. The second-order valence-electron chi connectivity index (χ2n) is 5.55. The molecule has 6 nitrogen and oxygen atoms in total. The molecule has 1 amide bonds. The maximum Gasteiger partial charge on any atom is 0.407 e. The van der Waals surface area contributed by atoms with Crippen LogP contribution in [-0.4, -0.2) is 51.7 Å². The predicted molar refractivity (Wildman–Crippen MR) is 86.7 cm³/mol. The van der Waals surface area contributed by atoms with Crippen LogP contribution >= 0.6 is 11.6 Å². The van der Waals surface area contributed by atoms with Gasteiger partial charge in [0.05, 0.1) is 6.04 Å². The molecule has 1 fully saturated rings. The van der Waals surface area contributed by atoms with Gasteiger partial charge in [0, 0.05) is 31.4 Å². The lowest BCUT2D eigenvalue weighted by molar-refractivity contribution is 0.121. The van der Waals surface area contributed by atoms with Gasteiger partial charge in [0.2, 0.25) is 5.28 Å². The van der Waals surface area contributed by atoms with Gasteiger partial charge < -0.3 is 14.9 Å². The van der Waals surface area contributed by atoms with E-state index in [2.05, 4.69) is 21.8 Å². The first-order valence-corrected chi connectivity index (χ1v) is 8.20. The van der Waals surface area contributed by atoms with Gasteiger partial charge in [-0.05, 0) is 37.8 Å². The van der Waals surface area contributed by atoms with Gasteiger partial charge in [-0.2, -0.15) is 0 Å². The van der Waals surface area contributed by atoms with Gasteiger partial charge in [-0.25, -0.2) is 14.8 Å². The van der Waals surface area contributed by atoms with Crippen molar-refractivity contribution < 1.29 is 9.90 Å². The van der Waals surface area contributed by atoms with Crippen molar-refractivity contribution in [2.75, 3.05) is 24.5 Å². The summed E-state index contributed by atoms with van der Waals surface area (Å²) in [4.78, 5) is 23.5. The van der Waals surface area contributed by atoms with Crippen LogP contribution in [0.25, 0.3) is 0 Å². The highest BCUT2D eigenvalue weighted by atomic mass is 35.5. The highest BCUT2D eigenvalue weighted by molar-refractivity contribution is 6.28. The topological polar surface area (TPSA) is 69.6 Å². The molecule has 1 aromatic heterocycles. The molecule has 1 N–H and O–H groups in total. The van der Waals surface area contributed by atoms with Gasteiger partial charge in [0.1, 0.15) is 5.82 Å². The third-order valence-corrected chi connectivity index (χ3v) is 4.16. The molecule has 22 heavy (non-hydrogen) atoms. The number of likely N-dealkylation sites (N-methyl/N-ethyl adjacent to an activating group) is 1. The number of nitrogens with zero attached hydrogens (tertiary/aromatic N) is 4. The second-order valence-corrected chi connectivity index (χ2v) is 5.89. The molecule has 2 heterocycles. The van der Waals surface area contributed by atoms with Crippen LogP contribution in [0.5, 0.6) is 0 Å². The average Bonchev–Trinajstić information content (AvgIpc) is 2.47. The molecule has 0 spiro atoms. The summed E-state index contributed by atoms with van der Waals surface area (Å²) >= 11 is 6.03. The van der Waals surface area contributed by atoms with Crippen LogP contribution in [0.15, 0.2) is 6.07 Å². The highest BCUT2D eigenvalue weighted by Crippen LogP contribution is 2.23. The van der Waals surface area contributed by atoms with Crippen molar-refractivity contribution in [2.24, 2.45) is 0 Å². The first-order chi connectivity index (χ1) is 10.5. The number of aryl methyl sites for hydroxylation is 1. The fourth-order valence-corrected chi connectivity index (χ4v) is 3.16. The van der Waals surface area contributed by atoms with Crippen LogP contribution in [0.4, 0.5) is 10.6 Å². The van der Waals surface area contributed by atoms with E-state index in [0.29, 0.717) is 13.1 Å². The van der Waals surface area contributed by atoms with Crippen molar-refractivity contribution in [1.82, 2.24) is 14.9 Å². The van der Waals surface area contributed by atoms with Gasteiger partial charge >= 0.3 is 6.09 Å². The zero-order chi connectivity index (χ0) is 16.1. The monoisotopic (exact) mass is 326 g/mol. The van der Waals surface area contributed by atoms with E-state index in [1.807, 2.05) is 13.0 Å². The Morgan fingerprint density at radius 3 is 2.91 bits per heavy atom. The molecule has 7 heteroatoms. The number of piperidine rings is 1. The largest absolute Gasteiger partial charge is 0.465 e.